The molecule has 2 atom stereocenters. The largest absolute Gasteiger partial charge is 0.294 e. The second-order valence-corrected chi connectivity index (χ2v) is 4.53. The molecular formula is C14H14O. The average Bonchev–Trinajstić information content (AvgIpc) is 2.30. The Hall–Kier alpha value is -1.37. The number of allylic oxidation sites excluding steroid dienone is 2. The lowest BCUT2D eigenvalue weighted by molar-refractivity contribution is 0.0848. The van der Waals surface area contributed by atoms with Gasteiger partial charge in [-0.3, -0.25) is 4.79 Å². The minimum Gasteiger partial charge on any atom is -0.294 e. The molecule has 1 aromatic rings. The second kappa shape index (κ2) is 3.34. The molecule has 0 radical (unpaired) electrons. The summed E-state index contributed by atoms with van der Waals surface area (Å²) in [7, 11) is 0. The molecule has 0 saturated carbocycles. The highest BCUT2D eigenvalue weighted by molar-refractivity contribution is 6.00. The lowest BCUT2D eigenvalue weighted by atomic mass is 9.70. The van der Waals surface area contributed by atoms with Crippen molar-refractivity contribution >= 4 is 5.78 Å². The van der Waals surface area contributed by atoms with Crippen LogP contribution < -0.4 is 0 Å². The molecule has 0 unspecified atom stereocenters. The summed E-state index contributed by atoms with van der Waals surface area (Å²) in [4.78, 5) is 12.2. The molecule has 2 aliphatic rings. The van der Waals surface area contributed by atoms with E-state index in [0.717, 1.165) is 24.8 Å². The first-order chi connectivity index (χ1) is 7.36. The van der Waals surface area contributed by atoms with Crippen LogP contribution in [0.1, 0.15) is 28.8 Å². The summed E-state index contributed by atoms with van der Waals surface area (Å²) in [5, 5.41) is 0. The van der Waals surface area contributed by atoms with Crippen molar-refractivity contribution in [1.82, 2.24) is 0 Å². The Morgan fingerprint density at radius 2 is 1.87 bits per heavy atom. The predicted octanol–water partition coefficient (Wildman–Crippen LogP) is 3.01. The molecule has 0 N–H and O–H groups in total. The van der Waals surface area contributed by atoms with Crippen LogP contribution in [0.25, 0.3) is 0 Å². The van der Waals surface area contributed by atoms with Crippen molar-refractivity contribution in [1.29, 1.82) is 0 Å². The maximum atomic E-state index is 12.2. The zero-order valence-corrected chi connectivity index (χ0v) is 8.65. The first-order valence-corrected chi connectivity index (χ1v) is 5.63. The molecule has 0 bridgehead atoms. The van der Waals surface area contributed by atoms with Crippen molar-refractivity contribution in [3.05, 3.63) is 47.5 Å². The van der Waals surface area contributed by atoms with Crippen LogP contribution in [0.3, 0.4) is 0 Å². The molecule has 0 aliphatic heterocycles. The number of carbonyl (C=O) groups is 1. The molecule has 1 nitrogen and oxygen atoms in total. The van der Waals surface area contributed by atoms with Crippen molar-refractivity contribution in [3.63, 3.8) is 0 Å². The van der Waals surface area contributed by atoms with Crippen LogP contribution in [0.5, 0.6) is 0 Å². The highest BCUT2D eigenvalue weighted by Crippen LogP contribution is 2.36. The maximum Gasteiger partial charge on any atom is 0.166 e. The monoisotopic (exact) mass is 198 g/mol. The normalized spacial score (nSPS) is 28.4. The standard InChI is InChI=1S/C14H14O/c15-14-12-7-3-1-5-10(12)9-11-6-2-4-8-13(11)14/h1-5,7,11,13H,6,8-9H2/t11-,13+/m1/s1. The van der Waals surface area contributed by atoms with Crippen LogP contribution in [0.2, 0.25) is 0 Å². The van der Waals surface area contributed by atoms with Gasteiger partial charge in [-0.1, -0.05) is 36.4 Å². The van der Waals surface area contributed by atoms with Gasteiger partial charge >= 0.3 is 0 Å². The zero-order chi connectivity index (χ0) is 10.3. The minimum absolute atomic E-state index is 0.255. The van der Waals surface area contributed by atoms with Crippen LogP contribution in [0.4, 0.5) is 0 Å². The van der Waals surface area contributed by atoms with E-state index >= 15 is 0 Å². The Morgan fingerprint density at radius 1 is 1.07 bits per heavy atom. The summed E-state index contributed by atoms with van der Waals surface area (Å²) in [5.74, 6) is 1.17. The summed E-state index contributed by atoms with van der Waals surface area (Å²) in [6, 6.07) is 8.08. The predicted molar refractivity (Wildman–Crippen MR) is 59.8 cm³/mol. The van der Waals surface area contributed by atoms with Crippen LogP contribution in [-0.4, -0.2) is 5.78 Å². The van der Waals surface area contributed by atoms with E-state index in [1.54, 1.807) is 0 Å². The smallest absolute Gasteiger partial charge is 0.166 e. The van der Waals surface area contributed by atoms with Crippen molar-refractivity contribution < 1.29 is 4.79 Å². The van der Waals surface area contributed by atoms with Gasteiger partial charge in [0.05, 0.1) is 0 Å². The third-order valence-corrected chi connectivity index (χ3v) is 3.67. The number of hydrogen-bond donors (Lipinski definition) is 0. The summed E-state index contributed by atoms with van der Waals surface area (Å²) >= 11 is 0. The first kappa shape index (κ1) is 8.90. The SMILES string of the molecule is O=C1c2ccccc2C[C@H]2CC=CC[C@H]12. The number of rotatable bonds is 0. The minimum atomic E-state index is 0.255. The second-order valence-electron chi connectivity index (χ2n) is 4.53. The highest BCUT2D eigenvalue weighted by Gasteiger charge is 2.34. The van der Waals surface area contributed by atoms with E-state index in [0.29, 0.717) is 11.7 Å². The quantitative estimate of drug-likeness (QED) is 0.586. The van der Waals surface area contributed by atoms with Crippen LogP contribution in [0.15, 0.2) is 36.4 Å². The Bertz CT molecular complexity index is 431. The van der Waals surface area contributed by atoms with E-state index in [1.807, 2.05) is 18.2 Å². The van der Waals surface area contributed by atoms with Crippen molar-refractivity contribution in [3.8, 4) is 0 Å². The molecule has 76 valence electrons. The van der Waals surface area contributed by atoms with Crippen molar-refractivity contribution in [2.75, 3.05) is 0 Å². The lowest BCUT2D eigenvalue weighted by Gasteiger charge is -2.32. The van der Waals surface area contributed by atoms with Gasteiger partial charge in [0, 0.05) is 11.5 Å². The van der Waals surface area contributed by atoms with Gasteiger partial charge in [0.25, 0.3) is 0 Å². The van der Waals surface area contributed by atoms with Crippen LogP contribution in [0, 0.1) is 11.8 Å². The average molecular weight is 198 g/mol. The Labute approximate surface area is 89.8 Å². The van der Waals surface area contributed by atoms with Gasteiger partial charge in [0.2, 0.25) is 0 Å². The third-order valence-electron chi connectivity index (χ3n) is 3.67. The molecule has 1 aromatic carbocycles. The van der Waals surface area contributed by atoms with Gasteiger partial charge in [0.1, 0.15) is 0 Å². The molecule has 0 saturated heterocycles. The molecular weight excluding hydrogens is 184 g/mol. The molecule has 0 amide bonds. The number of fused-ring (bicyclic) bond motifs is 2. The van der Waals surface area contributed by atoms with E-state index < -0.39 is 0 Å². The fourth-order valence-electron chi connectivity index (χ4n) is 2.84. The number of ketones is 1. The molecule has 2 aliphatic carbocycles. The van der Waals surface area contributed by atoms with Crippen LogP contribution >= 0.6 is 0 Å². The molecule has 0 spiro atoms. The maximum absolute atomic E-state index is 12.2. The molecule has 3 rings (SSSR count). The van der Waals surface area contributed by atoms with Gasteiger partial charge < -0.3 is 0 Å². The van der Waals surface area contributed by atoms with E-state index in [1.165, 1.54) is 5.56 Å². The summed E-state index contributed by atoms with van der Waals surface area (Å²) in [6.45, 7) is 0. The summed E-state index contributed by atoms with van der Waals surface area (Å²) < 4.78 is 0. The molecule has 1 heteroatoms. The number of benzene rings is 1. The Kier molecular flexibility index (Phi) is 1.98. The Balaban J connectivity index is 2.05. The van der Waals surface area contributed by atoms with Gasteiger partial charge in [-0.25, -0.2) is 0 Å². The third kappa shape index (κ3) is 1.34. The molecule has 0 aromatic heterocycles. The number of Topliss-reactive ketones (excluding diaryl/α,β-unsaturated/α-hetero) is 1. The van der Waals surface area contributed by atoms with Gasteiger partial charge in [-0.2, -0.15) is 0 Å². The van der Waals surface area contributed by atoms with Crippen LogP contribution in [-0.2, 0) is 6.42 Å². The van der Waals surface area contributed by atoms with Gasteiger partial charge in [-0.05, 0) is 30.7 Å². The fourth-order valence-corrected chi connectivity index (χ4v) is 2.84. The first-order valence-electron chi connectivity index (χ1n) is 5.63. The lowest BCUT2D eigenvalue weighted by Crippen LogP contribution is -2.32. The van der Waals surface area contributed by atoms with E-state index in [4.69, 9.17) is 0 Å². The van der Waals surface area contributed by atoms with Gasteiger partial charge in [0.15, 0.2) is 5.78 Å². The summed E-state index contributed by atoms with van der Waals surface area (Å²) in [6.07, 6.45) is 7.48. The van der Waals surface area contributed by atoms with Crippen molar-refractivity contribution in [2.24, 2.45) is 11.8 Å². The molecule has 0 fully saturated rings. The fraction of sp³-hybridized carbons (Fsp3) is 0.357. The summed E-state index contributed by atoms with van der Waals surface area (Å²) in [5.41, 5.74) is 2.22. The van der Waals surface area contributed by atoms with E-state index in [2.05, 4.69) is 18.2 Å². The molecule has 15 heavy (non-hydrogen) atoms. The zero-order valence-electron chi connectivity index (χ0n) is 8.65. The number of carbonyl (C=O) groups excluding carboxylic acids is 1. The van der Waals surface area contributed by atoms with E-state index in [-0.39, 0.29) is 5.92 Å². The van der Waals surface area contributed by atoms with E-state index in [9.17, 15) is 4.79 Å². The number of hydrogen-bond acceptors (Lipinski definition) is 1. The molecule has 0 heterocycles. The topological polar surface area (TPSA) is 17.1 Å². The Morgan fingerprint density at radius 3 is 2.80 bits per heavy atom. The highest BCUT2D eigenvalue weighted by atomic mass is 16.1. The van der Waals surface area contributed by atoms with Crippen molar-refractivity contribution in [2.45, 2.75) is 19.3 Å². The van der Waals surface area contributed by atoms with Gasteiger partial charge in [-0.15, -0.1) is 0 Å².